The van der Waals surface area contributed by atoms with E-state index in [1.54, 1.807) is 12.1 Å². The van der Waals surface area contributed by atoms with Crippen molar-refractivity contribution in [3.05, 3.63) is 45.7 Å². The molecular formula is C16H18ClN3OS. The van der Waals surface area contributed by atoms with Crippen LogP contribution >= 0.6 is 23.4 Å². The van der Waals surface area contributed by atoms with Gasteiger partial charge in [-0.15, -0.1) is 0 Å². The van der Waals surface area contributed by atoms with Gasteiger partial charge in [0.25, 0.3) is 0 Å². The number of amides is 1. The molecule has 0 saturated heterocycles. The lowest BCUT2D eigenvalue weighted by Gasteiger charge is -2.09. The molecule has 1 aromatic carbocycles. The van der Waals surface area contributed by atoms with Gasteiger partial charge in [-0.05, 0) is 51.0 Å². The maximum absolute atomic E-state index is 12.1. The molecule has 0 unspecified atom stereocenters. The third-order valence-corrected chi connectivity index (χ3v) is 4.50. The second kappa shape index (κ2) is 7.11. The van der Waals surface area contributed by atoms with E-state index >= 15 is 0 Å². The fourth-order valence-electron chi connectivity index (χ4n) is 1.85. The standard InChI is InChI=1S/C16H18ClN3OS/c1-9-5-6-13(17)7-14(9)20-15(21)8-22-16-18-11(3)10(2)12(4)19-16/h5-7H,8H2,1-4H3,(H,20,21). The molecule has 22 heavy (non-hydrogen) atoms. The van der Waals surface area contributed by atoms with Gasteiger partial charge in [-0.25, -0.2) is 9.97 Å². The van der Waals surface area contributed by atoms with Gasteiger partial charge in [0.1, 0.15) is 0 Å². The zero-order valence-corrected chi connectivity index (χ0v) is 14.6. The number of halogens is 1. The zero-order valence-electron chi connectivity index (χ0n) is 13.0. The number of carbonyl (C=O) groups is 1. The summed E-state index contributed by atoms with van der Waals surface area (Å²) in [6.07, 6.45) is 0. The van der Waals surface area contributed by atoms with E-state index in [-0.39, 0.29) is 11.7 Å². The minimum absolute atomic E-state index is 0.102. The third kappa shape index (κ3) is 4.21. The van der Waals surface area contributed by atoms with E-state index in [0.29, 0.717) is 10.2 Å². The first-order valence-corrected chi connectivity index (χ1v) is 8.24. The van der Waals surface area contributed by atoms with Crippen LogP contribution in [0.1, 0.15) is 22.5 Å². The molecule has 0 fully saturated rings. The normalized spacial score (nSPS) is 10.6. The van der Waals surface area contributed by atoms with Crippen LogP contribution in [0.3, 0.4) is 0 Å². The van der Waals surface area contributed by atoms with Crippen LogP contribution in [0.15, 0.2) is 23.4 Å². The van der Waals surface area contributed by atoms with Crippen LogP contribution < -0.4 is 5.32 Å². The number of carbonyl (C=O) groups excluding carboxylic acids is 1. The van der Waals surface area contributed by atoms with Crippen LogP contribution in [0.5, 0.6) is 0 Å². The number of aromatic nitrogens is 2. The first kappa shape index (κ1) is 16.8. The Balaban J connectivity index is 2.00. The molecule has 0 saturated carbocycles. The smallest absolute Gasteiger partial charge is 0.234 e. The van der Waals surface area contributed by atoms with Gasteiger partial charge in [-0.2, -0.15) is 0 Å². The largest absolute Gasteiger partial charge is 0.325 e. The molecule has 0 aliphatic heterocycles. The number of hydrogen-bond donors (Lipinski definition) is 1. The predicted octanol–water partition coefficient (Wildman–Crippen LogP) is 4.09. The molecule has 1 N–H and O–H groups in total. The van der Waals surface area contributed by atoms with E-state index in [0.717, 1.165) is 28.2 Å². The highest BCUT2D eigenvalue weighted by molar-refractivity contribution is 7.99. The van der Waals surface area contributed by atoms with Crippen LogP contribution in [0.25, 0.3) is 0 Å². The van der Waals surface area contributed by atoms with Crippen LogP contribution in [-0.4, -0.2) is 21.6 Å². The Hall–Kier alpha value is -1.59. The van der Waals surface area contributed by atoms with Gasteiger partial charge in [-0.1, -0.05) is 29.4 Å². The Kier molecular flexibility index (Phi) is 5.42. The Morgan fingerprint density at radius 2 is 1.82 bits per heavy atom. The van der Waals surface area contributed by atoms with Gasteiger partial charge in [0.2, 0.25) is 5.91 Å². The Morgan fingerprint density at radius 1 is 1.18 bits per heavy atom. The molecule has 2 rings (SSSR count). The molecule has 1 amide bonds. The maximum Gasteiger partial charge on any atom is 0.234 e. The van der Waals surface area contributed by atoms with Gasteiger partial charge in [-0.3, -0.25) is 4.79 Å². The van der Waals surface area contributed by atoms with Crippen molar-refractivity contribution >= 4 is 35.0 Å². The highest BCUT2D eigenvalue weighted by atomic mass is 35.5. The van der Waals surface area contributed by atoms with Gasteiger partial charge in [0, 0.05) is 22.1 Å². The summed E-state index contributed by atoms with van der Waals surface area (Å²) in [5, 5.41) is 4.08. The average Bonchev–Trinajstić information content (AvgIpc) is 2.46. The summed E-state index contributed by atoms with van der Waals surface area (Å²) in [6.45, 7) is 7.82. The van der Waals surface area contributed by atoms with Crippen LogP contribution in [-0.2, 0) is 4.79 Å². The Labute approximate surface area is 139 Å². The number of nitrogens with one attached hydrogen (secondary N) is 1. The molecule has 1 aromatic heterocycles. The van der Waals surface area contributed by atoms with E-state index in [9.17, 15) is 4.79 Å². The Morgan fingerprint density at radius 3 is 2.45 bits per heavy atom. The average molecular weight is 336 g/mol. The summed E-state index contributed by atoms with van der Waals surface area (Å²) in [6, 6.07) is 5.42. The van der Waals surface area contributed by atoms with Crippen molar-refractivity contribution in [3.63, 3.8) is 0 Å². The second-order valence-corrected chi connectivity index (χ2v) is 6.48. The zero-order chi connectivity index (χ0) is 16.3. The summed E-state index contributed by atoms with van der Waals surface area (Å²) >= 11 is 7.27. The van der Waals surface area contributed by atoms with Crippen molar-refractivity contribution in [2.75, 3.05) is 11.1 Å². The van der Waals surface area contributed by atoms with Gasteiger partial charge >= 0.3 is 0 Å². The minimum Gasteiger partial charge on any atom is -0.325 e. The quantitative estimate of drug-likeness (QED) is 0.675. The molecule has 0 aliphatic rings. The van der Waals surface area contributed by atoms with Crippen molar-refractivity contribution in [3.8, 4) is 0 Å². The van der Waals surface area contributed by atoms with Crippen LogP contribution in [0.2, 0.25) is 5.02 Å². The fourth-order valence-corrected chi connectivity index (χ4v) is 2.76. The topological polar surface area (TPSA) is 54.9 Å². The number of thioether (sulfide) groups is 1. The molecule has 4 nitrogen and oxygen atoms in total. The molecule has 0 aliphatic carbocycles. The Bertz CT molecular complexity index is 696. The summed E-state index contributed by atoms with van der Waals surface area (Å²) in [4.78, 5) is 20.8. The van der Waals surface area contributed by atoms with E-state index in [4.69, 9.17) is 11.6 Å². The minimum atomic E-state index is -0.102. The number of benzene rings is 1. The maximum atomic E-state index is 12.1. The number of rotatable bonds is 4. The van der Waals surface area contributed by atoms with E-state index in [1.165, 1.54) is 11.8 Å². The number of hydrogen-bond acceptors (Lipinski definition) is 4. The van der Waals surface area contributed by atoms with Crippen LogP contribution in [0, 0.1) is 27.7 Å². The lowest BCUT2D eigenvalue weighted by Crippen LogP contribution is -2.15. The van der Waals surface area contributed by atoms with Crippen molar-refractivity contribution in [2.24, 2.45) is 0 Å². The highest BCUT2D eigenvalue weighted by Crippen LogP contribution is 2.21. The number of nitrogens with zero attached hydrogens (tertiary/aromatic N) is 2. The van der Waals surface area contributed by atoms with Gasteiger partial charge < -0.3 is 5.32 Å². The first-order chi connectivity index (χ1) is 10.4. The van der Waals surface area contributed by atoms with Gasteiger partial charge in [0.15, 0.2) is 5.16 Å². The summed E-state index contributed by atoms with van der Waals surface area (Å²) in [5.74, 6) is 0.156. The fraction of sp³-hybridized carbons (Fsp3) is 0.312. The molecule has 6 heteroatoms. The number of aryl methyl sites for hydroxylation is 3. The van der Waals surface area contributed by atoms with E-state index in [2.05, 4.69) is 15.3 Å². The molecule has 0 atom stereocenters. The van der Waals surface area contributed by atoms with Crippen molar-refractivity contribution < 1.29 is 4.79 Å². The summed E-state index contributed by atoms with van der Waals surface area (Å²) < 4.78 is 0. The molecule has 0 spiro atoms. The third-order valence-electron chi connectivity index (χ3n) is 3.42. The lowest BCUT2D eigenvalue weighted by atomic mass is 10.2. The highest BCUT2D eigenvalue weighted by Gasteiger charge is 2.09. The molecule has 2 aromatic rings. The van der Waals surface area contributed by atoms with Crippen LogP contribution in [0.4, 0.5) is 5.69 Å². The molecule has 116 valence electrons. The molecular weight excluding hydrogens is 318 g/mol. The van der Waals surface area contributed by atoms with Crippen molar-refractivity contribution in [1.29, 1.82) is 0 Å². The van der Waals surface area contributed by atoms with Crippen molar-refractivity contribution in [2.45, 2.75) is 32.9 Å². The lowest BCUT2D eigenvalue weighted by molar-refractivity contribution is -0.113. The molecule has 1 heterocycles. The van der Waals surface area contributed by atoms with E-state index in [1.807, 2.05) is 33.8 Å². The number of anilines is 1. The first-order valence-electron chi connectivity index (χ1n) is 6.87. The molecule has 0 bridgehead atoms. The predicted molar refractivity (Wildman–Crippen MR) is 91.8 cm³/mol. The SMILES string of the molecule is Cc1ccc(Cl)cc1NC(=O)CSc1nc(C)c(C)c(C)n1. The van der Waals surface area contributed by atoms with Crippen molar-refractivity contribution in [1.82, 2.24) is 9.97 Å². The monoisotopic (exact) mass is 335 g/mol. The summed E-state index contributed by atoms with van der Waals surface area (Å²) in [7, 11) is 0. The van der Waals surface area contributed by atoms with Gasteiger partial charge in [0.05, 0.1) is 5.75 Å². The van der Waals surface area contributed by atoms with E-state index < -0.39 is 0 Å². The second-order valence-electron chi connectivity index (χ2n) is 5.10. The molecule has 0 radical (unpaired) electrons. The summed E-state index contributed by atoms with van der Waals surface area (Å²) in [5.41, 5.74) is 4.68.